The molecule has 2 heterocycles. The van der Waals surface area contributed by atoms with Crippen LogP contribution >= 0.6 is 24.0 Å². The number of carbonyl (C=O) groups excluding carboxylic acids is 1. The minimum atomic E-state index is -0.277. The first-order valence-corrected chi connectivity index (χ1v) is 11.2. The van der Waals surface area contributed by atoms with Crippen LogP contribution in [-0.4, -0.2) is 40.9 Å². The van der Waals surface area contributed by atoms with Gasteiger partial charge in [0.25, 0.3) is 5.91 Å². The summed E-state index contributed by atoms with van der Waals surface area (Å²) in [5, 5.41) is 0.395. The molecule has 0 N–H and O–H groups in total. The number of piperidine rings is 1. The standard InChI is InChI=1S/C24H26ClFN2O2.ClH/c25-23-13-21(30-20-8-10-27(11-9-20)19-2-1-3-19)6-7-22(23)24(29)28-14-16-4-5-18(26)12-17(16)15-28;/h4-7,12-13,19-20H,1-3,8-11,14-15H2;1H. The molecular weight excluding hydrogens is 438 g/mol. The number of likely N-dealkylation sites (tertiary alicyclic amines) is 1. The Kier molecular flexibility index (Phi) is 6.75. The molecule has 2 aromatic rings. The average Bonchev–Trinajstić information content (AvgIpc) is 3.11. The zero-order valence-electron chi connectivity index (χ0n) is 17.4. The summed E-state index contributed by atoms with van der Waals surface area (Å²) in [5.74, 6) is 0.295. The molecule has 31 heavy (non-hydrogen) atoms. The summed E-state index contributed by atoms with van der Waals surface area (Å²) in [5.41, 5.74) is 2.29. The van der Waals surface area contributed by atoms with Crippen molar-refractivity contribution in [3.05, 3.63) is 63.9 Å². The van der Waals surface area contributed by atoms with Crippen molar-refractivity contribution in [1.82, 2.24) is 9.80 Å². The van der Waals surface area contributed by atoms with Gasteiger partial charge in [-0.1, -0.05) is 24.1 Å². The van der Waals surface area contributed by atoms with Gasteiger partial charge < -0.3 is 14.5 Å². The van der Waals surface area contributed by atoms with E-state index in [2.05, 4.69) is 4.90 Å². The predicted octanol–water partition coefficient (Wildman–Crippen LogP) is 5.45. The van der Waals surface area contributed by atoms with E-state index in [0.717, 1.165) is 43.1 Å². The van der Waals surface area contributed by atoms with Crippen LogP contribution in [0.3, 0.4) is 0 Å². The monoisotopic (exact) mass is 464 g/mol. The van der Waals surface area contributed by atoms with Gasteiger partial charge in [-0.3, -0.25) is 4.79 Å². The Morgan fingerprint density at radius 2 is 1.74 bits per heavy atom. The Balaban J connectivity index is 0.00000231. The first kappa shape index (κ1) is 22.4. The van der Waals surface area contributed by atoms with E-state index in [0.29, 0.717) is 29.4 Å². The highest BCUT2D eigenvalue weighted by atomic mass is 35.5. The lowest BCUT2D eigenvalue weighted by atomic mass is 9.90. The smallest absolute Gasteiger partial charge is 0.255 e. The highest BCUT2D eigenvalue weighted by molar-refractivity contribution is 6.34. The number of carbonyl (C=O) groups is 1. The first-order valence-electron chi connectivity index (χ1n) is 10.8. The number of hydrogen-bond acceptors (Lipinski definition) is 3. The molecule has 0 spiro atoms. The lowest BCUT2D eigenvalue weighted by Gasteiger charge is -2.41. The number of hydrogen-bond donors (Lipinski definition) is 0. The molecule has 0 aromatic heterocycles. The summed E-state index contributed by atoms with van der Waals surface area (Å²) in [6.07, 6.45) is 6.29. The molecule has 0 radical (unpaired) electrons. The molecule has 0 atom stereocenters. The molecule has 5 rings (SSSR count). The van der Waals surface area contributed by atoms with E-state index in [4.69, 9.17) is 16.3 Å². The van der Waals surface area contributed by atoms with Crippen LogP contribution in [0.4, 0.5) is 4.39 Å². The molecule has 1 amide bonds. The zero-order valence-corrected chi connectivity index (χ0v) is 18.9. The highest BCUT2D eigenvalue weighted by Gasteiger charge is 2.30. The van der Waals surface area contributed by atoms with Crippen molar-refractivity contribution in [3.8, 4) is 5.75 Å². The van der Waals surface area contributed by atoms with E-state index in [1.165, 1.54) is 31.4 Å². The topological polar surface area (TPSA) is 32.8 Å². The van der Waals surface area contributed by atoms with Crippen LogP contribution in [0.1, 0.15) is 53.6 Å². The van der Waals surface area contributed by atoms with Gasteiger partial charge in [0, 0.05) is 32.2 Å². The first-order chi connectivity index (χ1) is 14.6. The third-order valence-corrected chi connectivity index (χ3v) is 7.03. The molecule has 2 aromatic carbocycles. The van der Waals surface area contributed by atoms with Crippen molar-refractivity contribution in [3.63, 3.8) is 0 Å². The van der Waals surface area contributed by atoms with E-state index in [-0.39, 0.29) is 30.2 Å². The molecular formula is C24H27Cl2FN2O2. The lowest BCUT2D eigenvalue weighted by molar-refractivity contribution is 0.0493. The fraction of sp³-hybridized carbons (Fsp3) is 0.458. The van der Waals surface area contributed by atoms with Gasteiger partial charge in [0.15, 0.2) is 0 Å². The number of amides is 1. The van der Waals surface area contributed by atoms with E-state index in [1.807, 2.05) is 6.07 Å². The van der Waals surface area contributed by atoms with Gasteiger partial charge in [-0.05, 0) is 67.1 Å². The Hall–Kier alpha value is -1.82. The molecule has 0 unspecified atom stereocenters. The molecule has 2 fully saturated rings. The van der Waals surface area contributed by atoms with E-state index < -0.39 is 0 Å². The van der Waals surface area contributed by atoms with Crippen molar-refractivity contribution >= 4 is 29.9 Å². The van der Waals surface area contributed by atoms with Crippen LogP contribution in [0.5, 0.6) is 5.75 Å². The molecule has 4 nitrogen and oxygen atoms in total. The molecule has 166 valence electrons. The second-order valence-corrected chi connectivity index (χ2v) is 9.06. The molecule has 1 saturated carbocycles. The molecule has 2 aliphatic heterocycles. The molecule has 7 heteroatoms. The van der Waals surface area contributed by atoms with Crippen molar-refractivity contribution in [2.24, 2.45) is 0 Å². The van der Waals surface area contributed by atoms with Gasteiger partial charge in [0.05, 0.1) is 10.6 Å². The van der Waals surface area contributed by atoms with Crippen LogP contribution < -0.4 is 4.74 Å². The van der Waals surface area contributed by atoms with Gasteiger partial charge in [-0.2, -0.15) is 0 Å². The average molecular weight is 465 g/mol. The maximum absolute atomic E-state index is 13.5. The van der Waals surface area contributed by atoms with Crippen LogP contribution in [0.15, 0.2) is 36.4 Å². The highest BCUT2D eigenvalue weighted by Crippen LogP contribution is 2.31. The molecule has 3 aliphatic rings. The second kappa shape index (κ2) is 9.35. The van der Waals surface area contributed by atoms with Gasteiger partial charge >= 0.3 is 0 Å². The lowest BCUT2D eigenvalue weighted by Crippen LogP contribution is -2.46. The Bertz CT molecular complexity index is 959. The largest absolute Gasteiger partial charge is 0.490 e. The summed E-state index contributed by atoms with van der Waals surface area (Å²) >= 11 is 6.45. The fourth-order valence-corrected chi connectivity index (χ4v) is 4.97. The number of halogens is 3. The third-order valence-electron chi connectivity index (χ3n) is 6.72. The minimum Gasteiger partial charge on any atom is -0.490 e. The SMILES string of the molecule is Cl.O=C(c1ccc(OC2CCN(C3CCC3)CC2)cc1Cl)N1Cc2ccc(F)cc2C1. The van der Waals surface area contributed by atoms with Crippen molar-refractivity contribution in [1.29, 1.82) is 0 Å². The maximum atomic E-state index is 13.5. The van der Waals surface area contributed by atoms with Crippen molar-refractivity contribution in [2.45, 2.75) is 57.3 Å². The summed E-state index contributed by atoms with van der Waals surface area (Å²) in [7, 11) is 0. The number of rotatable bonds is 4. The summed E-state index contributed by atoms with van der Waals surface area (Å²) in [6.45, 7) is 3.06. The van der Waals surface area contributed by atoms with Crippen molar-refractivity contribution in [2.75, 3.05) is 13.1 Å². The Morgan fingerprint density at radius 3 is 2.42 bits per heavy atom. The second-order valence-electron chi connectivity index (χ2n) is 8.65. The van der Waals surface area contributed by atoms with Crippen LogP contribution in [0, 0.1) is 5.82 Å². The van der Waals surface area contributed by atoms with E-state index >= 15 is 0 Å². The molecule has 1 saturated heterocycles. The third kappa shape index (κ3) is 4.69. The minimum absolute atomic E-state index is 0. The quantitative estimate of drug-likeness (QED) is 0.602. The number of nitrogens with zero attached hydrogens (tertiary/aromatic N) is 2. The molecule has 0 bridgehead atoms. The number of fused-ring (bicyclic) bond motifs is 1. The predicted molar refractivity (Wildman–Crippen MR) is 122 cm³/mol. The number of benzene rings is 2. The van der Waals surface area contributed by atoms with Crippen LogP contribution in [0.25, 0.3) is 0 Å². The van der Waals surface area contributed by atoms with E-state index in [9.17, 15) is 9.18 Å². The zero-order chi connectivity index (χ0) is 20.7. The van der Waals surface area contributed by atoms with Gasteiger partial charge in [-0.25, -0.2) is 4.39 Å². The Morgan fingerprint density at radius 1 is 1.00 bits per heavy atom. The van der Waals surface area contributed by atoms with E-state index in [1.54, 1.807) is 23.1 Å². The van der Waals surface area contributed by atoms with Crippen molar-refractivity contribution < 1.29 is 13.9 Å². The van der Waals surface area contributed by atoms with Gasteiger partial charge in [-0.15, -0.1) is 12.4 Å². The fourth-order valence-electron chi connectivity index (χ4n) is 4.72. The summed E-state index contributed by atoms with van der Waals surface area (Å²) in [6, 6.07) is 10.8. The van der Waals surface area contributed by atoms with Gasteiger partial charge in [0.1, 0.15) is 17.7 Å². The van der Waals surface area contributed by atoms with Crippen LogP contribution in [-0.2, 0) is 13.1 Å². The number of ether oxygens (including phenoxy) is 1. The maximum Gasteiger partial charge on any atom is 0.255 e. The normalized spacial score (nSPS) is 19.5. The molecule has 1 aliphatic carbocycles. The summed E-state index contributed by atoms with van der Waals surface area (Å²) < 4.78 is 19.6. The van der Waals surface area contributed by atoms with Gasteiger partial charge in [0.2, 0.25) is 0 Å². The Labute approximate surface area is 193 Å². The summed E-state index contributed by atoms with van der Waals surface area (Å²) in [4.78, 5) is 17.2. The van der Waals surface area contributed by atoms with Crippen LogP contribution in [0.2, 0.25) is 5.02 Å².